The van der Waals surface area contributed by atoms with Crippen molar-refractivity contribution in [2.45, 2.75) is 39.8 Å². The zero-order chi connectivity index (χ0) is 17.9. The number of rotatable bonds is 5. The fraction of sp³-hybridized carbons (Fsp3) is 0.588. The van der Waals surface area contributed by atoms with E-state index in [2.05, 4.69) is 0 Å². The van der Waals surface area contributed by atoms with E-state index in [0.717, 1.165) is 5.56 Å². The second-order valence-corrected chi connectivity index (χ2v) is 8.73. The van der Waals surface area contributed by atoms with Crippen LogP contribution in [0.5, 0.6) is 0 Å². The molecule has 2 rings (SSSR count). The Bertz CT molecular complexity index is 674. The number of carbonyl (C=O) groups is 1. The summed E-state index contributed by atoms with van der Waals surface area (Å²) in [7, 11) is -3.33. The number of carbonyl (C=O) groups excluding carboxylic acids is 1. The van der Waals surface area contributed by atoms with Crippen molar-refractivity contribution in [2.75, 3.05) is 18.8 Å². The molecular weight excluding hydrogens is 331 g/mol. The number of sulfonamides is 1. The van der Waals surface area contributed by atoms with Crippen molar-refractivity contribution in [1.29, 1.82) is 0 Å². The Morgan fingerprint density at radius 2 is 1.88 bits per heavy atom. The minimum Gasteiger partial charge on any atom is -0.334 e. The lowest BCUT2D eigenvalue weighted by Crippen LogP contribution is -2.47. The van der Waals surface area contributed by atoms with E-state index in [1.807, 2.05) is 13.8 Å². The fourth-order valence-electron chi connectivity index (χ4n) is 2.95. The van der Waals surface area contributed by atoms with Crippen LogP contribution < -0.4 is 0 Å². The topological polar surface area (TPSA) is 57.7 Å². The average Bonchev–Trinajstić information content (AvgIpc) is 2.70. The molecule has 1 aliphatic heterocycles. The summed E-state index contributed by atoms with van der Waals surface area (Å²) in [6.45, 7) is 6.47. The van der Waals surface area contributed by atoms with Crippen molar-refractivity contribution >= 4 is 15.9 Å². The summed E-state index contributed by atoms with van der Waals surface area (Å²) in [6, 6.07) is 5.86. The number of benzene rings is 1. The van der Waals surface area contributed by atoms with Gasteiger partial charge in [0.15, 0.2) is 0 Å². The van der Waals surface area contributed by atoms with Gasteiger partial charge in [-0.3, -0.25) is 4.79 Å². The van der Waals surface area contributed by atoms with Crippen molar-refractivity contribution < 1.29 is 17.6 Å². The van der Waals surface area contributed by atoms with Gasteiger partial charge in [-0.25, -0.2) is 12.8 Å². The van der Waals surface area contributed by atoms with Crippen LogP contribution in [0.4, 0.5) is 4.39 Å². The third kappa shape index (κ3) is 4.33. The Morgan fingerprint density at radius 3 is 2.42 bits per heavy atom. The molecule has 1 amide bonds. The standard InChI is InChI=1S/C17H25FN2O3S/c1-4-24(22,23)19-10-9-17(21)20(16(12-19)13(2)3)11-14-5-7-15(18)8-6-14/h5-8,13,16H,4,9-12H2,1-3H3. The van der Waals surface area contributed by atoms with E-state index < -0.39 is 10.0 Å². The van der Waals surface area contributed by atoms with Gasteiger partial charge in [-0.2, -0.15) is 4.31 Å². The fourth-order valence-corrected chi connectivity index (χ4v) is 4.06. The van der Waals surface area contributed by atoms with E-state index in [1.165, 1.54) is 16.4 Å². The van der Waals surface area contributed by atoms with Crippen molar-refractivity contribution in [2.24, 2.45) is 5.92 Å². The van der Waals surface area contributed by atoms with Crippen LogP contribution in [0.25, 0.3) is 0 Å². The SMILES string of the molecule is CCS(=O)(=O)N1CCC(=O)N(Cc2ccc(F)cc2)C(C(C)C)C1. The van der Waals surface area contributed by atoms with Crippen molar-refractivity contribution in [3.05, 3.63) is 35.6 Å². The van der Waals surface area contributed by atoms with Gasteiger partial charge < -0.3 is 4.90 Å². The molecule has 1 heterocycles. The average molecular weight is 356 g/mol. The van der Waals surface area contributed by atoms with Crippen molar-refractivity contribution in [3.63, 3.8) is 0 Å². The van der Waals surface area contributed by atoms with Crippen LogP contribution >= 0.6 is 0 Å². The zero-order valence-corrected chi connectivity index (χ0v) is 15.2. The molecule has 1 atom stereocenters. The third-order valence-corrected chi connectivity index (χ3v) is 6.33. The summed E-state index contributed by atoms with van der Waals surface area (Å²) in [5.41, 5.74) is 0.835. The van der Waals surface area contributed by atoms with Gasteiger partial charge in [0.25, 0.3) is 0 Å². The first kappa shape index (κ1) is 18.9. The van der Waals surface area contributed by atoms with Crippen molar-refractivity contribution in [1.82, 2.24) is 9.21 Å². The summed E-state index contributed by atoms with van der Waals surface area (Å²) in [4.78, 5) is 14.3. The highest BCUT2D eigenvalue weighted by atomic mass is 32.2. The third-order valence-electron chi connectivity index (χ3n) is 4.48. The largest absolute Gasteiger partial charge is 0.334 e. The van der Waals surface area contributed by atoms with Gasteiger partial charge >= 0.3 is 0 Å². The Morgan fingerprint density at radius 1 is 1.25 bits per heavy atom. The Labute approximate surface area is 143 Å². The van der Waals surface area contributed by atoms with Crippen LogP contribution in [-0.2, 0) is 21.4 Å². The van der Waals surface area contributed by atoms with Crippen LogP contribution in [0.15, 0.2) is 24.3 Å². The molecular formula is C17H25FN2O3S. The predicted octanol–water partition coefficient (Wildman–Crippen LogP) is 2.23. The normalized spacial score (nSPS) is 20.5. The molecule has 5 nitrogen and oxygen atoms in total. The van der Waals surface area contributed by atoms with Gasteiger partial charge in [-0.05, 0) is 30.5 Å². The van der Waals surface area contributed by atoms with E-state index in [4.69, 9.17) is 0 Å². The molecule has 0 radical (unpaired) electrons. The Kier molecular flexibility index (Phi) is 5.98. The number of nitrogens with zero attached hydrogens (tertiary/aromatic N) is 2. The smallest absolute Gasteiger partial charge is 0.224 e. The lowest BCUT2D eigenvalue weighted by molar-refractivity contribution is -0.134. The Hall–Kier alpha value is -1.47. The van der Waals surface area contributed by atoms with Gasteiger partial charge in [0.1, 0.15) is 5.82 Å². The molecule has 134 valence electrons. The van der Waals surface area contributed by atoms with E-state index in [9.17, 15) is 17.6 Å². The molecule has 1 aromatic carbocycles. The second kappa shape index (κ2) is 7.61. The molecule has 0 aromatic heterocycles. The van der Waals surface area contributed by atoms with Crippen LogP contribution in [0.1, 0.15) is 32.8 Å². The number of hydrogen-bond acceptors (Lipinski definition) is 3. The molecule has 24 heavy (non-hydrogen) atoms. The Balaban J connectivity index is 2.27. The van der Waals surface area contributed by atoms with Gasteiger partial charge in [0.2, 0.25) is 15.9 Å². The highest BCUT2D eigenvalue weighted by Gasteiger charge is 2.35. The summed E-state index contributed by atoms with van der Waals surface area (Å²) in [6.07, 6.45) is 0.170. The maximum atomic E-state index is 13.1. The molecule has 1 aromatic rings. The van der Waals surface area contributed by atoms with E-state index in [0.29, 0.717) is 13.1 Å². The van der Waals surface area contributed by atoms with Gasteiger partial charge in [-0.15, -0.1) is 0 Å². The lowest BCUT2D eigenvalue weighted by atomic mass is 10.0. The molecule has 0 aliphatic carbocycles. The second-order valence-electron chi connectivity index (χ2n) is 6.47. The number of amides is 1. The van der Waals surface area contributed by atoms with Crippen LogP contribution in [-0.4, -0.2) is 48.4 Å². The summed E-state index contributed by atoms with van der Waals surface area (Å²) in [5.74, 6) is -0.236. The first-order chi connectivity index (χ1) is 11.2. The quantitative estimate of drug-likeness (QED) is 0.813. The maximum absolute atomic E-state index is 13.1. The molecule has 7 heteroatoms. The highest BCUT2D eigenvalue weighted by molar-refractivity contribution is 7.89. The monoisotopic (exact) mass is 356 g/mol. The highest BCUT2D eigenvalue weighted by Crippen LogP contribution is 2.22. The van der Waals surface area contributed by atoms with E-state index in [-0.39, 0.29) is 42.4 Å². The molecule has 1 fully saturated rings. The molecule has 0 spiro atoms. The minimum absolute atomic E-state index is 0.0317. The number of hydrogen-bond donors (Lipinski definition) is 0. The van der Waals surface area contributed by atoms with Crippen LogP contribution in [0, 0.1) is 11.7 Å². The van der Waals surface area contributed by atoms with E-state index in [1.54, 1.807) is 24.0 Å². The molecule has 1 unspecified atom stereocenters. The predicted molar refractivity (Wildman–Crippen MR) is 91.2 cm³/mol. The molecule has 0 bridgehead atoms. The van der Waals surface area contributed by atoms with Gasteiger partial charge in [0.05, 0.1) is 5.75 Å². The van der Waals surface area contributed by atoms with Crippen LogP contribution in [0.3, 0.4) is 0 Å². The summed E-state index contributed by atoms with van der Waals surface area (Å²) in [5, 5.41) is 0. The molecule has 0 N–H and O–H groups in total. The van der Waals surface area contributed by atoms with E-state index >= 15 is 0 Å². The maximum Gasteiger partial charge on any atom is 0.224 e. The van der Waals surface area contributed by atoms with Gasteiger partial charge in [0, 0.05) is 32.1 Å². The first-order valence-electron chi connectivity index (χ1n) is 8.26. The lowest BCUT2D eigenvalue weighted by Gasteiger charge is -2.34. The van der Waals surface area contributed by atoms with Gasteiger partial charge in [-0.1, -0.05) is 26.0 Å². The zero-order valence-electron chi connectivity index (χ0n) is 14.4. The van der Waals surface area contributed by atoms with Crippen molar-refractivity contribution in [3.8, 4) is 0 Å². The van der Waals surface area contributed by atoms with Crippen LogP contribution in [0.2, 0.25) is 0 Å². The summed E-state index contributed by atoms with van der Waals surface area (Å²) < 4.78 is 39.0. The first-order valence-corrected chi connectivity index (χ1v) is 9.87. The molecule has 0 saturated carbocycles. The minimum atomic E-state index is -3.33. The summed E-state index contributed by atoms with van der Waals surface area (Å²) >= 11 is 0. The molecule has 1 saturated heterocycles. The molecule has 1 aliphatic rings. The number of halogens is 1.